The SMILES string of the molecule is CC(C)(C)c1ccc(N2CCC(NS(C)(=O)=O)CC2)nn1. The van der Waals surface area contributed by atoms with Gasteiger partial charge in [0.05, 0.1) is 11.9 Å². The van der Waals surface area contributed by atoms with Gasteiger partial charge in [-0.2, -0.15) is 5.10 Å². The summed E-state index contributed by atoms with van der Waals surface area (Å²) in [4.78, 5) is 2.15. The van der Waals surface area contributed by atoms with Gasteiger partial charge in [-0.3, -0.25) is 0 Å². The molecule has 0 aromatic carbocycles. The number of piperidine rings is 1. The summed E-state index contributed by atoms with van der Waals surface area (Å²) < 4.78 is 25.1. The second-order valence-corrected chi connectivity index (χ2v) is 8.46. The van der Waals surface area contributed by atoms with E-state index in [4.69, 9.17) is 0 Å². The summed E-state index contributed by atoms with van der Waals surface area (Å²) >= 11 is 0. The molecule has 21 heavy (non-hydrogen) atoms. The van der Waals surface area contributed by atoms with Crippen LogP contribution in [0.15, 0.2) is 12.1 Å². The first-order chi connectivity index (χ1) is 9.65. The highest BCUT2D eigenvalue weighted by atomic mass is 32.2. The van der Waals surface area contributed by atoms with Gasteiger partial charge < -0.3 is 4.90 Å². The molecule has 0 spiro atoms. The van der Waals surface area contributed by atoms with Crippen molar-refractivity contribution in [3.8, 4) is 0 Å². The molecule has 1 saturated heterocycles. The molecule has 6 nitrogen and oxygen atoms in total. The average molecular weight is 312 g/mol. The van der Waals surface area contributed by atoms with Crippen LogP contribution in [0.2, 0.25) is 0 Å². The molecule has 0 saturated carbocycles. The number of nitrogens with one attached hydrogen (secondary N) is 1. The summed E-state index contributed by atoms with van der Waals surface area (Å²) in [7, 11) is -3.12. The highest BCUT2D eigenvalue weighted by Crippen LogP contribution is 2.22. The Morgan fingerprint density at radius 1 is 1.19 bits per heavy atom. The first-order valence-electron chi connectivity index (χ1n) is 7.21. The van der Waals surface area contributed by atoms with Gasteiger partial charge in [-0.05, 0) is 25.0 Å². The Labute approximate surface area is 127 Å². The predicted octanol–water partition coefficient (Wildman–Crippen LogP) is 1.29. The lowest BCUT2D eigenvalue weighted by molar-refractivity contribution is 0.458. The average Bonchev–Trinajstić information content (AvgIpc) is 2.37. The third-order valence-electron chi connectivity index (χ3n) is 3.62. The second kappa shape index (κ2) is 5.88. The van der Waals surface area contributed by atoms with E-state index in [1.165, 1.54) is 6.26 Å². The maximum absolute atomic E-state index is 11.2. The minimum atomic E-state index is -3.12. The van der Waals surface area contributed by atoms with Crippen LogP contribution in [0.4, 0.5) is 5.82 Å². The number of anilines is 1. The standard InChI is InChI=1S/C14H24N4O2S/c1-14(2,3)12-5-6-13(16-15-12)18-9-7-11(8-10-18)17-21(4,19)20/h5-6,11,17H,7-10H2,1-4H3. The second-order valence-electron chi connectivity index (χ2n) is 6.68. The van der Waals surface area contributed by atoms with Crippen molar-refractivity contribution in [1.29, 1.82) is 0 Å². The van der Waals surface area contributed by atoms with Crippen molar-refractivity contribution < 1.29 is 8.42 Å². The Balaban J connectivity index is 1.96. The molecule has 0 radical (unpaired) electrons. The van der Waals surface area contributed by atoms with Crippen molar-refractivity contribution in [1.82, 2.24) is 14.9 Å². The number of sulfonamides is 1. The molecule has 0 bridgehead atoms. The van der Waals surface area contributed by atoms with Gasteiger partial charge in [-0.25, -0.2) is 13.1 Å². The van der Waals surface area contributed by atoms with E-state index in [0.29, 0.717) is 0 Å². The zero-order chi connectivity index (χ0) is 15.7. The maximum Gasteiger partial charge on any atom is 0.208 e. The summed E-state index contributed by atoms with van der Waals surface area (Å²) in [5.41, 5.74) is 0.970. The van der Waals surface area contributed by atoms with Gasteiger partial charge in [-0.15, -0.1) is 5.10 Å². The third-order valence-corrected chi connectivity index (χ3v) is 4.38. The molecule has 118 valence electrons. The first kappa shape index (κ1) is 16.2. The van der Waals surface area contributed by atoms with Gasteiger partial charge in [0, 0.05) is 24.5 Å². The molecule has 0 atom stereocenters. The fourth-order valence-corrected chi connectivity index (χ4v) is 3.26. The van der Waals surface area contributed by atoms with Gasteiger partial charge >= 0.3 is 0 Å². The zero-order valence-corrected chi connectivity index (χ0v) is 13.9. The van der Waals surface area contributed by atoms with Gasteiger partial charge in [0.2, 0.25) is 10.0 Å². The van der Waals surface area contributed by atoms with Crippen LogP contribution in [0, 0.1) is 0 Å². The number of hydrogen-bond acceptors (Lipinski definition) is 5. The highest BCUT2D eigenvalue weighted by Gasteiger charge is 2.23. The van der Waals surface area contributed by atoms with Gasteiger partial charge in [0.25, 0.3) is 0 Å². The fourth-order valence-electron chi connectivity index (χ4n) is 2.42. The minimum absolute atomic E-state index is 0.00205. The van der Waals surface area contributed by atoms with Crippen LogP contribution >= 0.6 is 0 Å². The number of aromatic nitrogens is 2. The van der Waals surface area contributed by atoms with E-state index in [9.17, 15) is 8.42 Å². The van der Waals surface area contributed by atoms with E-state index in [1.54, 1.807) is 0 Å². The van der Waals surface area contributed by atoms with Crippen molar-refractivity contribution in [3.05, 3.63) is 17.8 Å². The van der Waals surface area contributed by atoms with Crippen LogP contribution in [-0.4, -0.2) is 44.0 Å². The quantitative estimate of drug-likeness (QED) is 0.910. The Morgan fingerprint density at radius 2 is 1.81 bits per heavy atom. The molecule has 1 aliphatic rings. The molecule has 0 amide bonds. The topological polar surface area (TPSA) is 75.2 Å². The first-order valence-corrected chi connectivity index (χ1v) is 9.11. The maximum atomic E-state index is 11.2. The molecular formula is C14H24N4O2S. The summed E-state index contributed by atoms with van der Waals surface area (Å²) in [6.07, 6.45) is 2.78. The minimum Gasteiger partial charge on any atom is -0.355 e. The van der Waals surface area contributed by atoms with Crippen molar-refractivity contribution in [3.63, 3.8) is 0 Å². The molecule has 2 rings (SSSR count). The molecule has 1 aromatic rings. The molecule has 1 aliphatic heterocycles. The summed E-state index contributed by atoms with van der Waals surface area (Å²) in [5.74, 6) is 0.862. The molecule has 0 aliphatic carbocycles. The fraction of sp³-hybridized carbons (Fsp3) is 0.714. The third kappa shape index (κ3) is 4.64. The lowest BCUT2D eigenvalue weighted by Crippen LogP contribution is -2.44. The number of hydrogen-bond donors (Lipinski definition) is 1. The lowest BCUT2D eigenvalue weighted by Gasteiger charge is -2.32. The Bertz CT molecular complexity index is 570. The molecule has 1 N–H and O–H groups in total. The summed E-state index contributed by atoms with van der Waals surface area (Å²) in [6, 6.07) is 4.04. The van der Waals surface area contributed by atoms with Crippen LogP contribution in [0.1, 0.15) is 39.3 Å². The van der Waals surface area contributed by atoms with E-state index in [-0.39, 0.29) is 11.5 Å². The van der Waals surface area contributed by atoms with E-state index >= 15 is 0 Å². The van der Waals surface area contributed by atoms with E-state index in [0.717, 1.165) is 37.4 Å². The van der Waals surface area contributed by atoms with E-state index in [2.05, 4.69) is 40.6 Å². The van der Waals surface area contributed by atoms with Crippen molar-refractivity contribution in [2.45, 2.75) is 45.1 Å². The molecule has 0 unspecified atom stereocenters. The van der Waals surface area contributed by atoms with Crippen molar-refractivity contribution in [2.24, 2.45) is 0 Å². The van der Waals surface area contributed by atoms with Gasteiger partial charge in [-0.1, -0.05) is 20.8 Å². The van der Waals surface area contributed by atoms with Crippen LogP contribution in [0.3, 0.4) is 0 Å². The molecule has 1 fully saturated rings. The van der Waals surface area contributed by atoms with Crippen LogP contribution in [-0.2, 0) is 15.4 Å². The van der Waals surface area contributed by atoms with Gasteiger partial charge in [0.15, 0.2) is 5.82 Å². The van der Waals surface area contributed by atoms with Crippen molar-refractivity contribution in [2.75, 3.05) is 24.2 Å². The Morgan fingerprint density at radius 3 is 2.24 bits per heavy atom. The molecule has 7 heteroatoms. The zero-order valence-electron chi connectivity index (χ0n) is 13.1. The number of rotatable bonds is 3. The van der Waals surface area contributed by atoms with Crippen LogP contribution < -0.4 is 9.62 Å². The van der Waals surface area contributed by atoms with Crippen LogP contribution in [0.5, 0.6) is 0 Å². The molecule has 1 aromatic heterocycles. The van der Waals surface area contributed by atoms with Crippen molar-refractivity contribution >= 4 is 15.8 Å². The van der Waals surface area contributed by atoms with E-state index < -0.39 is 10.0 Å². The van der Waals surface area contributed by atoms with Gasteiger partial charge in [0.1, 0.15) is 0 Å². The number of nitrogens with zero attached hydrogens (tertiary/aromatic N) is 3. The normalized spacial score (nSPS) is 18.0. The van der Waals surface area contributed by atoms with Crippen LogP contribution in [0.25, 0.3) is 0 Å². The van der Waals surface area contributed by atoms with E-state index in [1.807, 2.05) is 12.1 Å². The Hall–Kier alpha value is -1.21. The molecular weight excluding hydrogens is 288 g/mol. The summed E-state index contributed by atoms with van der Waals surface area (Å²) in [6.45, 7) is 7.91. The Kier molecular flexibility index (Phi) is 4.53. The summed E-state index contributed by atoms with van der Waals surface area (Å²) in [5, 5.41) is 8.61. The highest BCUT2D eigenvalue weighted by molar-refractivity contribution is 7.88. The molecule has 2 heterocycles. The monoisotopic (exact) mass is 312 g/mol. The lowest BCUT2D eigenvalue weighted by atomic mass is 9.92. The predicted molar refractivity (Wildman–Crippen MR) is 83.9 cm³/mol. The smallest absolute Gasteiger partial charge is 0.208 e. The largest absolute Gasteiger partial charge is 0.355 e.